The van der Waals surface area contributed by atoms with Gasteiger partial charge in [0.2, 0.25) is 5.91 Å². The summed E-state index contributed by atoms with van der Waals surface area (Å²) in [6.07, 6.45) is -0.663. The minimum absolute atomic E-state index is 0.0371. The first-order chi connectivity index (χ1) is 11.9. The van der Waals surface area contributed by atoms with Crippen molar-refractivity contribution in [1.82, 2.24) is 14.5 Å². The van der Waals surface area contributed by atoms with Gasteiger partial charge in [0.15, 0.2) is 0 Å². The highest BCUT2D eigenvalue weighted by Gasteiger charge is 2.39. The molecule has 0 bridgehead atoms. The summed E-state index contributed by atoms with van der Waals surface area (Å²) in [5.74, 6) is -1.00. The molecule has 0 saturated carbocycles. The van der Waals surface area contributed by atoms with E-state index in [1.165, 1.54) is 16.6 Å². The molecule has 3 rings (SSSR count). The minimum atomic E-state index is -0.836. The van der Waals surface area contributed by atoms with Crippen molar-refractivity contribution in [3.8, 4) is 0 Å². The fourth-order valence-corrected chi connectivity index (χ4v) is 3.15. The minimum Gasteiger partial charge on any atom is -0.467 e. The summed E-state index contributed by atoms with van der Waals surface area (Å²) < 4.78 is 6.05. The van der Waals surface area contributed by atoms with E-state index in [0.717, 1.165) is 0 Å². The van der Waals surface area contributed by atoms with Gasteiger partial charge >= 0.3 is 5.97 Å². The van der Waals surface area contributed by atoms with Crippen LogP contribution in [0.25, 0.3) is 11.0 Å². The van der Waals surface area contributed by atoms with Gasteiger partial charge in [-0.2, -0.15) is 0 Å². The molecule has 0 radical (unpaired) electrons. The van der Waals surface area contributed by atoms with E-state index in [2.05, 4.69) is 4.98 Å². The number of methoxy groups -OCH3 is 1. The molecular formula is C17H19N3O5. The summed E-state index contributed by atoms with van der Waals surface area (Å²) in [5, 5.41) is 9.82. The smallest absolute Gasteiger partial charge is 0.328 e. The summed E-state index contributed by atoms with van der Waals surface area (Å²) >= 11 is 0. The fraction of sp³-hybridized carbons (Fsp3) is 0.412. The predicted molar refractivity (Wildman–Crippen MR) is 88.9 cm³/mol. The number of β-amino-alcohol motifs (C(OH)–C–C–N with tert-alkyl or cyclic N) is 1. The number of carbonyl (C=O) groups excluding carboxylic acids is 2. The van der Waals surface area contributed by atoms with Crippen LogP contribution in [0.1, 0.15) is 12.1 Å². The van der Waals surface area contributed by atoms with Crippen molar-refractivity contribution >= 4 is 22.9 Å². The largest absolute Gasteiger partial charge is 0.467 e. The molecule has 1 fully saturated rings. The molecule has 0 aliphatic carbocycles. The predicted octanol–water partition coefficient (Wildman–Crippen LogP) is -0.160. The van der Waals surface area contributed by atoms with Gasteiger partial charge in [0.05, 0.1) is 24.2 Å². The van der Waals surface area contributed by atoms with E-state index in [-0.39, 0.29) is 30.8 Å². The standard InChI is InChI=1S/C17H19N3O5/c1-10-16(23)20(13-6-4-3-5-12(13)18-10)9-15(22)19-8-11(21)7-14(19)17(24)25-2/h3-6,11,14,21H,7-9H2,1-2H3/t11-,14+/m1/s1. The lowest BCUT2D eigenvalue weighted by atomic mass is 10.2. The van der Waals surface area contributed by atoms with Crippen LogP contribution < -0.4 is 5.56 Å². The first-order valence-corrected chi connectivity index (χ1v) is 7.94. The maximum atomic E-state index is 12.7. The molecule has 2 atom stereocenters. The average Bonchev–Trinajstić information content (AvgIpc) is 3.00. The molecule has 1 saturated heterocycles. The molecule has 8 nitrogen and oxygen atoms in total. The molecule has 1 aromatic heterocycles. The van der Waals surface area contributed by atoms with Crippen molar-refractivity contribution in [1.29, 1.82) is 0 Å². The van der Waals surface area contributed by atoms with E-state index in [4.69, 9.17) is 4.74 Å². The van der Waals surface area contributed by atoms with E-state index >= 15 is 0 Å². The number of likely N-dealkylation sites (tertiary alicyclic amines) is 1. The lowest BCUT2D eigenvalue weighted by Crippen LogP contribution is -2.44. The van der Waals surface area contributed by atoms with Gasteiger partial charge in [-0.05, 0) is 19.1 Å². The molecule has 1 aliphatic heterocycles. The Labute approximate surface area is 143 Å². The Bertz CT molecular complexity index is 891. The van der Waals surface area contributed by atoms with Crippen LogP contribution in [0.4, 0.5) is 0 Å². The maximum absolute atomic E-state index is 12.7. The van der Waals surface area contributed by atoms with Crippen LogP contribution in [-0.4, -0.2) is 57.2 Å². The van der Waals surface area contributed by atoms with E-state index in [1.54, 1.807) is 31.2 Å². The quantitative estimate of drug-likeness (QED) is 0.776. The molecule has 2 aromatic rings. The van der Waals surface area contributed by atoms with Gasteiger partial charge in [-0.25, -0.2) is 9.78 Å². The number of esters is 1. The summed E-state index contributed by atoms with van der Waals surface area (Å²) in [5.41, 5.74) is 1.08. The Kier molecular flexibility index (Phi) is 4.54. The topological polar surface area (TPSA) is 102 Å². The number of nitrogens with zero attached hydrogens (tertiary/aromatic N) is 3. The zero-order valence-electron chi connectivity index (χ0n) is 14.0. The number of aliphatic hydroxyl groups excluding tert-OH is 1. The second-order valence-corrected chi connectivity index (χ2v) is 6.05. The van der Waals surface area contributed by atoms with Crippen molar-refractivity contribution < 1.29 is 19.4 Å². The molecule has 8 heteroatoms. The average molecular weight is 345 g/mol. The molecule has 132 valence electrons. The number of fused-ring (bicyclic) bond motifs is 1. The van der Waals surface area contributed by atoms with Crippen LogP contribution in [0.3, 0.4) is 0 Å². The van der Waals surface area contributed by atoms with E-state index < -0.39 is 24.0 Å². The number of rotatable bonds is 3. The van der Waals surface area contributed by atoms with Gasteiger partial charge in [0.25, 0.3) is 5.56 Å². The van der Waals surface area contributed by atoms with Crippen molar-refractivity contribution in [2.24, 2.45) is 0 Å². The van der Waals surface area contributed by atoms with Crippen LogP contribution in [0.15, 0.2) is 29.1 Å². The van der Waals surface area contributed by atoms with Gasteiger partial charge in [0.1, 0.15) is 18.3 Å². The lowest BCUT2D eigenvalue weighted by Gasteiger charge is -2.23. The number of ether oxygens (including phenoxy) is 1. The summed E-state index contributed by atoms with van der Waals surface area (Å²) in [4.78, 5) is 42.5. The van der Waals surface area contributed by atoms with E-state index in [9.17, 15) is 19.5 Å². The Morgan fingerprint density at radius 3 is 2.80 bits per heavy atom. The van der Waals surface area contributed by atoms with Crippen LogP contribution in [0, 0.1) is 6.92 Å². The van der Waals surface area contributed by atoms with Gasteiger partial charge < -0.3 is 14.7 Å². The third kappa shape index (κ3) is 3.12. The zero-order chi connectivity index (χ0) is 18.1. The van der Waals surface area contributed by atoms with Crippen LogP contribution in [0.5, 0.6) is 0 Å². The number of hydrogen-bond acceptors (Lipinski definition) is 6. The van der Waals surface area contributed by atoms with E-state index in [0.29, 0.717) is 11.0 Å². The van der Waals surface area contributed by atoms with Crippen LogP contribution in [0.2, 0.25) is 0 Å². The normalized spacial score (nSPS) is 20.0. The number of amides is 1. The van der Waals surface area contributed by atoms with Crippen LogP contribution >= 0.6 is 0 Å². The van der Waals surface area contributed by atoms with Crippen molar-refractivity contribution in [2.45, 2.75) is 32.0 Å². The Morgan fingerprint density at radius 1 is 1.36 bits per heavy atom. The van der Waals surface area contributed by atoms with Gasteiger partial charge in [-0.3, -0.25) is 14.2 Å². The molecule has 2 heterocycles. The second-order valence-electron chi connectivity index (χ2n) is 6.05. The molecule has 1 aliphatic rings. The number of aryl methyl sites for hydroxylation is 1. The Morgan fingerprint density at radius 2 is 2.08 bits per heavy atom. The summed E-state index contributed by atoms with van der Waals surface area (Å²) in [6.45, 7) is 1.39. The lowest BCUT2D eigenvalue weighted by molar-refractivity contribution is -0.151. The van der Waals surface area contributed by atoms with Crippen LogP contribution in [-0.2, 0) is 20.9 Å². The second kappa shape index (κ2) is 6.64. The number of hydrogen-bond donors (Lipinski definition) is 1. The highest BCUT2D eigenvalue weighted by molar-refractivity contribution is 5.86. The number of aromatic nitrogens is 2. The summed E-state index contributed by atoms with van der Waals surface area (Å²) in [6, 6.07) is 6.20. The summed E-state index contributed by atoms with van der Waals surface area (Å²) in [7, 11) is 1.24. The number of carbonyl (C=O) groups is 2. The van der Waals surface area contributed by atoms with E-state index in [1.807, 2.05) is 0 Å². The molecule has 0 unspecified atom stereocenters. The molecule has 1 amide bonds. The molecule has 1 N–H and O–H groups in total. The number of aliphatic hydroxyl groups is 1. The highest BCUT2D eigenvalue weighted by Crippen LogP contribution is 2.20. The SMILES string of the molecule is COC(=O)[C@@H]1C[C@@H](O)CN1C(=O)Cn1c(=O)c(C)nc2ccccc21. The zero-order valence-corrected chi connectivity index (χ0v) is 14.0. The molecule has 1 aromatic carbocycles. The van der Waals surface area contributed by atoms with Crippen molar-refractivity contribution in [3.05, 3.63) is 40.3 Å². The first-order valence-electron chi connectivity index (χ1n) is 7.94. The number of para-hydroxylation sites is 2. The van der Waals surface area contributed by atoms with Gasteiger partial charge in [-0.1, -0.05) is 12.1 Å². The maximum Gasteiger partial charge on any atom is 0.328 e. The Hall–Kier alpha value is -2.74. The fourth-order valence-electron chi connectivity index (χ4n) is 3.15. The molecular weight excluding hydrogens is 326 g/mol. The Balaban J connectivity index is 1.96. The molecule has 0 spiro atoms. The van der Waals surface area contributed by atoms with Crippen molar-refractivity contribution in [2.75, 3.05) is 13.7 Å². The van der Waals surface area contributed by atoms with Gasteiger partial charge in [-0.15, -0.1) is 0 Å². The highest BCUT2D eigenvalue weighted by atomic mass is 16.5. The first kappa shape index (κ1) is 17.1. The third-order valence-electron chi connectivity index (χ3n) is 4.38. The molecule has 25 heavy (non-hydrogen) atoms. The van der Waals surface area contributed by atoms with Crippen molar-refractivity contribution in [3.63, 3.8) is 0 Å². The third-order valence-corrected chi connectivity index (χ3v) is 4.38. The van der Waals surface area contributed by atoms with Gasteiger partial charge in [0, 0.05) is 13.0 Å². The monoisotopic (exact) mass is 345 g/mol. The number of benzene rings is 1.